The number of benzene rings is 2. The van der Waals surface area contributed by atoms with Gasteiger partial charge >= 0.3 is 0 Å². The Kier molecular flexibility index (Phi) is 4.53. The van der Waals surface area contributed by atoms with Crippen molar-refractivity contribution in [2.45, 2.75) is 19.8 Å². The lowest BCUT2D eigenvalue weighted by molar-refractivity contribution is 0.103. The quantitative estimate of drug-likeness (QED) is 0.718. The average Bonchev–Trinajstić information content (AvgIpc) is 3.02. The highest BCUT2D eigenvalue weighted by molar-refractivity contribution is 7.14. The fourth-order valence-electron chi connectivity index (χ4n) is 2.24. The predicted octanol–water partition coefficient (Wildman–Crippen LogP) is 5.19. The van der Waals surface area contributed by atoms with Crippen LogP contribution in [-0.4, -0.2) is 10.9 Å². The largest absolute Gasteiger partial charge is 0.321 e. The molecule has 0 saturated heterocycles. The Balaban J connectivity index is 1.98. The molecule has 3 nitrogen and oxygen atoms in total. The van der Waals surface area contributed by atoms with Crippen LogP contribution >= 0.6 is 11.3 Å². The summed E-state index contributed by atoms with van der Waals surface area (Å²) in [4.78, 5) is 18.1. The normalized spacial score (nSPS) is 10.7. The molecular weight excluding hydrogens is 304 g/mol. The zero-order valence-electron chi connectivity index (χ0n) is 13.1. The van der Waals surface area contributed by atoms with Crippen LogP contribution < -0.4 is 5.32 Å². The van der Waals surface area contributed by atoms with Crippen LogP contribution in [0, 0.1) is 0 Å². The van der Waals surface area contributed by atoms with Gasteiger partial charge in [0.1, 0.15) is 4.88 Å². The van der Waals surface area contributed by atoms with E-state index in [0.29, 0.717) is 10.8 Å². The number of anilines is 1. The minimum absolute atomic E-state index is 0.112. The van der Waals surface area contributed by atoms with Crippen molar-refractivity contribution in [2.24, 2.45) is 0 Å². The number of para-hydroxylation sites is 1. The molecule has 0 radical (unpaired) electrons. The molecule has 0 fully saturated rings. The molecule has 23 heavy (non-hydrogen) atoms. The molecule has 0 aliphatic rings. The van der Waals surface area contributed by atoms with Gasteiger partial charge in [0, 0.05) is 17.2 Å². The molecule has 1 N–H and O–H groups in total. The highest BCUT2D eigenvalue weighted by atomic mass is 32.1. The summed E-state index contributed by atoms with van der Waals surface area (Å²) in [5.41, 5.74) is 2.51. The molecule has 1 amide bonds. The second-order valence-corrected chi connectivity index (χ2v) is 6.60. The molecule has 0 aliphatic heterocycles. The van der Waals surface area contributed by atoms with Gasteiger partial charge in [0.2, 0.25) is 0 Å². The second kappa shape index (κ2) is 6.75. The smallest absolute Gasteiger partial charge is 0.268 e. The van der Waals surface area contributed by atoms with Gasteiger partial charge in [-0.1, -0.05) is 62.4 Å². The highest BCUT2D eigenvalue weighted by Crippen LogP contribution is 2.32. The Morgan fingerprint density at radius 3 is 2.22 bits per heavy atom. The lowest BCUT2D eigenvalue weighted by atomic mass is 10.1. The number of rotatable bonds is 4. The lowest BCUT2D eigenvalue weighted by Gasteiger charge is -2.05. The van der Waals surface area contributed by atoms with Crippen molar-refractivity contribution in [3.63, 3.8) is 0 Å². The Morgan fingerprint density at radius 1 is 1.00 bits per heavy atom. The number of thiazole rings is 1. The van der Waals surface area contributed by atoms with Crippen LogP contribution in [0.15, 0.2) is 60.7 Å². The van der Waals surface area contributed by atoms with Gasteiger partial charge < -0.3 is 5.32 Å². The van der Waals surface area contributed by atoms with Crippen molar-refractivity contribution in [2.75, 3.05) is 5.32 Å². The van der Waals surface area contributed by atoms with Crippen LogP contribution in [0.25, 0.3) is 11.3 Å². The summed E-state index contributed by atoms with van der Waals surface area (Å²) in [7, 11) is 0. The van der Waals surface area contributed by atoms with Crippen LogP contribution in [0.2, 0.25) is 0 Å². The summed E-state index contributed by atoms with van der Waals surface area (Å²) in [6.45, 7) is 4.18. The Labute approximate surface area is 140 Å². The minimum atomic E-state index is -0.112. The average molecular weight is 322 g/mol. The van der Waals surface area contributed by atoms with E-state index in [-0.39, 0.29) is 5.91 Å². The van der Waals surface area contributed by atoms with Crippen LogP contribution in [-0.2, 0) is 0 Å². The van der Waals surface area contributed by atoms with E-state index in [1.807, 2.05) is 60.7 Å². The van der Waals surface area contributed by atoms with Crippen molar-refractivity contribution in [1.29, 1.82) is 0 Å². The maximum Gasteiger partial charge on any atom is 0.268 e. The van der Waals surface area contributed by atoms with Crippen LogP contribution in [0.4, 0.5) is 5.69 Å². The maximum absolute atomic E-state index is 12.7. The monoisotopic (exact) mass is 322 g/mol. The van der Waals surface area contributed by atoms with Gasteiger partial charge in [-0.2, -0.15) is 0 Å². The zero-order valence-corrected chi connectivity index (χ0v) is 13.9. The molecule has 1 aromatic heterocycles. The summed E-state index contributed by atoms with van der Waals surface area (Å²) in [5, 5.41) is 3.93. The van der Waals surface area contributed by atoms with E-state index in [4.69, 9.17) is 4.98 Å². The maximum atomic E-state index is 12.7. The lowest BCUT2D eigenvalue weighted by Crippen LogP contribution is -2.11. The van der Waals surface area contributed by atoms with Gasteiger partial charge in [-0.3, -0.25) is 4.79 Å². The van der Waals surface area contributed by atoms with Crippen molar-refractivity contribution >= 4 is 22.9 Å². The van der Waals surface area contributed by atoms with Gasteiger partial charge in [0.05, 0.1) is 10.7 Å². The van der Waals surface area contributed by atoms with Crippen molar-refractivity contribution in [1.82, 2.24) is 4.98 Å². The van der Waals surface area contributed by atoms with Crippen molar-refractivity contribution < 1.29 is 4.79 Å². The molecule has 3 aromatic rings. The third kappa shape index (κ3) is 3.48. The molecule has 0 saturated carbocycles. The molecule has 0 unspecified atom stereocenters. The molecule has 3 rings (SSSR count). The molecular formula is C19H18N2OS. The Bertz CT molecular complexity index is 795. The number of carbonyl (C=O) groups excluding carboxylic acids is 1. The van der Waals surface area contributed by atoms with Gasteiger partial charge in [0.25, 0.3) is 5.91 Å². The predicted molar refractivity (Wildman–Crippen MR) is 96.0 cm³/mol. The van der Waals surface area contributed by atoms with Gasteiger partial charge in [0.15, 0.2) is 0 Å². The van der Waals surface area contributed by atoms with E-state index in [9.17, 15) is 4.79 Å². The SMILES string of the molecule is CC(C)c1nc(-c2ccccc2)c(C(=O)Nc2ccccc2)s1. The van der Waals surface area contributed by atoms with Gasteiger partial charge in [-0.25, -0.2) is 4.98 Å². The standard InChI is InChI=1S/C19H18N2OS/c1-13(2)19-21-16(14-9-5-3-6-10-14)17(23-19)18(22)20-15-11-7-4-8-12-15/h3-13H,1-2H3,(H,20,22). The molecule has 0 aliphatic carbocycles. The van der Waals surface area contributed by atoms with Crippen LogP contribution in [0.5, 0.6) is 0 Å². The van der Waals surface area contributed by atoms with E-state index in [1.165, 1.54) is 11.3 Å². The molecule has 1 heterocycles. The fourth-order valence-corrected chi connectivity index (χ4v) is 3.22. The number of amides is 1. The van der Waals surface area contributed by atoms with E-state index in [1.54, 1.807) is 0 Å². The summed E-state index contributed by atoms with van der Waals surface area (Å²) >= 11 is 1.47. The highest BCUT2D eigenvalue weighted by Gasteiger charge is 2.20. The van der Waals surface area contributed by atoms with E-state index < -0.39 is 0 Å². The Morgan fingerprint density at radius 2 is 1.61 bits per heavy atom. The number of nitrogens with one attached hydrogen (secondary N) is 1. The van der Waals surface area contributed by atoms with Crippen LogP contribution in [0.1, 0.15) is 34.4 Å². The van der Waals surface area contributed by atoms with E-state index >= 15 is 0 Å². The molecule has 0 spiro atoms. The molecule has 0 bridgehead atoms. The molecule has 116 valence electrons. The first kappa shape index (κ1) is 15.4. The molecule has 4 heteroatoms. The summed E-state index contributed by atoms with van der Waals surface area (Å²) in [6.07, 6.45) is 0. The molecule has 2 aromatic carbocycles. The first-order valence-electron chi connectivity index (χ1n) is 7.57. The minimum Gasteiger partial charge on any atom is -0.321 e. The summed E-state index contributed by atoms with van der Waals surface area (Å²) in [5.74, 6) is 0.181. The van der Waals surface area contributed by atoms with Gasteiger partial charge in [-0.05, 0) is 12.1 Å². The van der Waals surface area contributed by atoms with Crippen LogP contribution in [0.3, 0.4) is 0 Å². The summed E-state index contributed by atoms with van der Waals surface area (Å²) < 4.78 is 0. The first-order valence-corrected chi connectivity index (χ1v) is 8.39. The Hall–Kier alpha value is -2.46. The second-order valence-electron chi connectivity index (χ2n) is 5.57. The molecule has 0 atom stereocenters. The topological polar surface area (TPSA) is 42.0 Å². The summed E-state index contributed by atoms with van der Waals surface area (Å²) in [6, 6.07) is 19.3. The van der Waals surface area contributed by atoms with Gasteiger partial charge in [-0.15, -0.1) is 11.3 Å². The number of hydrogen-bond acceptors (Lipinski definition) is 3. The zero-order chi connectivity index (χ0) is 16.2. The first-order chi connectivity index (χ1) is 11.1. The van der Waals surface area contributed by atoms with E-state index in [0.717, 1.165) is 22.0 Å². The van der Waals surface area contributed by atoms with Crippen molar-refractivity contribution in [3.05, 3.63) is 70.5 Å². The number of nitrogens with zero attached hydrogens (tertiary/aromatic N) is 1. The third-order valence-electron chi connectivity index (χ3n) is 3.42. The van der Waals surface area contributed by atoms with Crippen molar-refractivity contribution in [3.8, 4) is 11.3 Å². The number of hydrogen-bond donors (Lipinski definition) is 1. The number of aromatic nitrogens is 1. The fraction of sp³-hybridized carbons (Fsp3) is 0.158. The number of carbonyl (C=O) groups is 1. The third-order valence-corrected chi connectivity index (χ3v) is 4.78. The van der Waals surface area contributed by atoms with E-state index in [2.05, 4.69) is 19.2 Å².